The summed E-state index contributed by atoms with van der Waals surface area (Å²) >= 11 is 5.74. The van der Waals surface area contributed by atoms with Crippen LogP contribution in [0.15, 0.2) is 18.2 Å². The molecule has 1 aromatic carbocycles. The number of nitrogen functional groups attached to an aromatic ring is 1. The van der Waals surface area contributed by atoms with Gasteiger partial charge in [0.15, 0.2) is 16.4 Å². The van der Waals surface area contributed by atoms with E-state index in [0.29, 0.717) is 11.4 Å². The number of carbonyl (C=O) groups excluding carboxylic acids is 2. The van der Waals surface area contributed by atoms with Crippen molar-refractivity contribution >= 4 is 39.0 Å². The molecular formula is C14H17ClN2O5S. The second kappa shape index (κ2) is 6.76. The summed E-state index contributed by atoms with van der Waals surface area (Å²) in [5, 5.41) is 0.386. The van der Waals surface area contributed by atoms with Gasteiger partial charge in [-0.05, 0) is 24.6 Å². The number of nitrogens with zero attached hydrogens (tertiary/aromatic N) is 1. The molecule has 23 heavy (non-hydrogen) atoms. The molecular weight excluding hydrogens is 344 g/mol. The number of benzene rings is 1. The summed E-state index contributed by atoms with van der Waals surface area (Å²) in [4.78, 5) is 25.2. The lowest BCUT2D eigenvalue weighted by Crippen LogP contribution is -2.40. The summed E-state index contributed by atoms with van der Waals surface area (Å²) in [6.45, 7) is -0.478. The number of likely N-dealkylation sites (N-methyl/N-ethyl adjacent to an activating group) is 1. The summed E-state index contributed by atoms with van der Waals surface area (Å²) in [5.74, 6) is -1.20. The highest BCUT2D eigenvalue weighted by atomic mass is 35.5. The average molecular weight is 361 g/mol. The standard InChI is InChI=1S/C14H17ClN2O5S/c1-17(10-4-5-23(20,21)8-10)13(18)7-22-14(19)11-3-2-9(15)6-12(11)16/h2-3,6,10H,4-5,7-8,16H2,1H3/t10-/m1/s1. The first kappa shape index (κ1) is 17.6. The van der Waals surface area contributed by atoms with Crippen molar-refractivity contribution in [3.05, 3.63) is 28.8 Å². The van der Waals surface area contributed by atoms with Crippen molar-refractivity contribution in [3.63, 3.8) is 0 Å². The third-order valence-corrected chi connectivity index (χ3v) is 5.70. The zero-order valence-electron chi connectivity index (χ0n) is 12.5. The number of nitrogens with two attached hydrogens (primary N) is 1. The Labute approximate surface area is 139 Å². The first-order chi connectivity index (χ1) is 10.7. The fraction of sp³-hybridized carbons (Fsp3) is 0.429. The predicted octanol–water partition coefficient (Wildman–Crippen LogP) is 0.725. The van der Waals surface area contributed by atoms with Gasteiger partial charge in [-0.1, -0.05) is 11.6 Å². The molecule has 1 saturated heterocycles. The van der Waals surface area contributed by atoms with Gasteiger partial charge in [-0.2, -0.15) is 0 Å². The summed E-state index contributed by atoms with van der Waals surface area (Å²) in [6.07, 6.45) is 0.392. The largest absolute Gasteiger partial charge is 0.452 e. The van der Waals surface area contributed by atoms with Crippen LogP contribution in [0.5, 0.6) is 0 Å². The summed E-state index contributed by atoms with van der Waals surface area (Å²) in [5.41, 5.74) is 5.95. The number of ether oxygens (including phenoxy) is 1. The van der Waals surface area contributed by atoms with Gasteiger partial charge in [0.05, 0.1) is 17.1 Å². The van der Waals surface area contributed by atoms with Crippen molar-refractivity contribution in [1.82, 2.24) is 4.90 Å². The molecule has 0 aromatic heterocycles. The molecule has 2 rings (SSSR count). The summed E-state index contributed by atoms with van der Waals surface area (Å²) in [7, 11) is -1.59. The highest BCUT2D eigenvalue weighted by Crippen LogP contribution is 2.19. The Kier molecular flexibility index (Phi) is 5.16. The van der Waals surface area contributed by atoms with E-state index in [9.17, 15) is 18.0 Å². The van der Waals surface area contributed by atoms with Crippen LogP contribution in [-0.2, 0) is 19.4 Å². The number of rotatable bonds is 4. The molecule has 126 valence electrons. The van der Waals surface area contributed by atoms with Crippen molar-refractivity contribution in [1.29, 1.82) is 0 Å². The number of halogens is 1. The third-order valence-electron chi connectivity index (χ3n) is 3.71. The molecule has 1 aliphatic rings. The van der Waals surface area contributed by atoms with Crippen LogP contribution in [0.4, 0.5) is 5.69 Å². The third kappa shape index (κ3) is 4.35. The lowest BCUT2D eigenvalue weighted by Gasteiger charge is -2.23. The summed E-state index contributed by atoms with van der Waals surface area (Å²) < 4.78 is 27.8. The lowest BCUT2D eigenvalue weighted by molar-refractivity contribution is -0.134. The highest BCUT2D eigenvalue weighted by Gasteiger charge is 2.33. The molecule has 0 bridgehead atoms. The first-order valence-corrected chi connectivity index (χ1v) is 9.08. The van der Waals surface area contributed by atoms with Crippen molar-refractivity contribution in [3.8, 4) is 0 Å². The summed E-state index contributed by atoms with van der Waals surface area (Å²) in [6, 6.07) is 3.94. The Morgan fingerprint density at radius 2 is 2.13 bits per heavy atom. The monoisotopic (exact) mass is 360 g/mol. The second-order valence-corrected chi connectivity index (χ2v) is 8.03. The van der Waals surface area contributed by atoms with Gasteiger partial charge in [0.25, 0.3) is 5.91 Å². The Balaban J connectivity index is 1.92. The van der Waals surface area contributed by atoms with Crippen LogP contribution in [0.3, 0.4) is 0 Å². The van der Waals surface area contributed by atoms with Gasteiger partial charge >= 0.3 is 5.97 Å². The number of sulfone groups is 1. The van der Waals surface area contributed by atoms with Crippen LogP contribution in [0.25, 0.3) is 0 Å². The van der Waals surface area contributed by atoms with Crippen LogP contribution >= 0.6 is 11.6 Å². The molecule has 1 aliphatic heterocycles. The van der Waals surface area contributed by atoms with Crippen LogP contribution in [-0.4, -0.2) is 56.4 Å². The van der Waals surface area contributed by atoms with E-state index >= 15 is 0 Å². The van der Waals surface area contributed by atoms with E-state index in [1.54, 1.807) is 0 Å². The number of esters is 1. The van der Waals surface area contributed by atoms with Gasteiger partial charge in [0.2, 0.25) is 0 Å². The number of hydrogen-bond donors (Lipinski definition) is 1. The smallest absolute Gasteiger partial charge is 0.340 e. The molecule has 1 fully saturated rings. The molecule has 1 amide bonds. The second-order valence-electron chi connectivity index (χ2n) is 5.37. The Morgan fingerprint density at radius 1 is 1.43 bits per heavy atom. The topological polar surface area (TPSA) is 107 Å². The SMILES string of the molecule is CN(C(=O)COC(=O)c1ccc(Cl)cc1N)[C@@H]1CCS(=O)(=O)C1. The molecule has 7 nitrogen and oxygen atoms in total. The lowest BCUT2D eigenvalue weighted by atomic mass is 10.2. The van der Waals surface area contributed by atoms with Crippen molar-refractivity contribution in [2.24, 2.45) is 0 Å². The quantitative estimate of drug-likeness (QED) is 0.626. The van der Waals surface area contributed by atoms with Crippen molar-refractivity contribution in [2.75, 3.05) is 30.9 Å². The Morgan fingerprint density at radius 3 is 2.70 bits per heavy atom. The van der Waals surface area contributed by atoms with Gasteiger partial charge in [-0.15, -0.1) is 0 Å². The fourth-order valence-electron chi connectivity index (χ4n) is 2.31. The zero-order valence-corrected chi connectivity index (χ0v) is 14.1. The van der Waals surface area contributed by atoms with Crippen LogP contribution < -0.4 is 5.73 Å². The Bertz CT molecular complexity index is 735. The molecule has 9 heteroatoms. The predicted molar refractivity (Wildman–Crippen MR) is 86.0 cm³/mol. The van der Waals surface area contributed by atoms with E-state index in [2.05, 4.69) is 0 Å². The van der Waals surface area contributed by atoms with Crippen molar-refractivity contribution in [2.45, 2.75) is 12.5 Å². The Hall–Kier alpha value is -1.80. The van der Waals surface area contributed by atoms with Crippen LogP contribution in [0.1, 0.15) is 16.8 Å². The van der Waals surface area contributed by atoms with Gasteiger partial charge in [0.1, 0.15) is 0 Å². The van der Waals surface area contributed by atoms with E-state index in [4.69, 9.17) is 22.1 Å². The van der Waals surface area contributed by atoms with Crippen molar-refractivity contribution < 1.29 is 22.7 Å². The van der Waals surface area contributed by atoms with E-state index in [-0.39, 0.29) is 28.8 Å². The zero-order chi connectivity index (χ0) is 17.2. The first-order valence-electron chi connectivity index (χ1n) is 6.88. The average Bonchev–Trinajstić information content (AvgIpc) is 2.83. The number of amides is 1. The fourth-order valence-corrected chi connectivity index (χ4v) is 4.27. The van der Waals surface area contributed by atoms with Crippen LogP contribution in [0.2, 0.25) is 5.02 Å². The van der Waals surface area contributed by atoms with Crippen LogP contribution in [0, 0.1) is 0 Å². The molecule has 1 heterocycles. The molecule has 0 unspecified atom stereocenters. The molecule has 2 N–H and O–H groups in total. The minimum absolute atomic E-state index is 0.0622. The van der Waals surface area contributed by atoms with Gasteiger partial charge in [-0.3, -0.25) is 4.79 Å². The number of carbonyl (C=O) groups is 2. The van der Waals surface area contributed by atoms with E-state index < -0.39 is 28.3 Å². The number of anilines is 1. The minimum Gasteiger partial charge on any atom is -0.452 e. The molecule has 0 spiro atoms. The van der Waals surface area contributed by atoms with E-state index in [1.807, 2.05) is 0 Å². The highest BCUT2D eigenvalue weighted by molar-refractivity contribution is 7.91. The van der Waals surface area contributed by atoms with Gasteiger partial charge < -0.3 is 15.4 Å². The molecule has 0 saturated carbocycles. The van der Waals surface area contributed by atoms with Gasteiger partial charge in [0, 0.05) is 23.8 Å². The van der Waals surface area contributed by atoms with E-state index in [0.717, 1.165) is 0 Å². The molecule has 1 aromatic rings. The van der Waals surface area contributed by atoms with E-state index in [1.165, 1.54) is 30.1 Å². The normalized spacial score (nSPS) is 19.3. The molecule has 0 aliphatic carbocycles. The van der Waals surface area contributed by atoms with Gasteiger partial charge in [-0.25, -0.2) is 13.2 Å². The number of hydrogen-bond acceptors (Lipinski definition) is 6. The maximum absolute atomic E-state index is 12.0. The maximum Gasteiger partial charge on any atom is 0.340 e. The molecule has 0 radical (unpaired) electrons. The maximum atomic E-state index is 12.0. The molecule has 1 atom stereocenters. The minimum atomic E-state index is -3.09.